The second-order valence-corrected chi connectivity index (χ2v) is 6.10. The molecule has 94 valence electrons. The van der Waals surface area contributed by atoms with E-state index in [1.807, 2.05) is 12.1 Å². The first-order chi connectivity index (χ1) is 8.07. The molecule has 0 N–H and O–H groups in total. The summed E-state index contributed by atoms with van der Waals surface area (Å²) in [5.74, 6) is -0.211. The lowest BCUT2D eigenvalue weighted by molar-refractivity contribution is 0.0746. The van der Waals surface area contributed by atoms with Crippen LogP contribution in [0.3, 0.4) is 0 Å². The monoisotopic (exact) mass is 364 g/mol. The number of halogens is 3. The van der Waals surface area contributed by atoms with E-state index in [0.717, 1.165) is 30.3 Å². The Morgan fingerprint density at radius 3 is 2.82 bits per heavy atom. The molecular weight excluding hydrogens is 351 g/mol. The summed E-state index contributed by atoms with van der Waals surface area (Å²) in [6.45, 7) is 2.93. The van der Waals surface area contributed by atoms with E-state index in [4.69, 9.17) is 4.74 Å². The number of ether oxygens (including phenoxy) is 1. The summed E-state index contributed by atoms with van der Waals surface area (Å²) < 4.78 is 19.4. The molecule has 0 bridgehead atoms. The first-order valence-corrected chi connectivity index (χ1v) is 7.60. The average molecular weight is 366 g/mol. The minimum Gasteiger partial charge on any atom is -0.378 e. The van der Waals surface area contributed by atoms with Crippen molar-refractivity contribution < 1.29 is 9.13 Å². The minimum absolute atomic E-state index is 0.136. The molecule has 0 saturated carbocycles. The van der Waals surface area contributed by atoms with Gasteiger partial charge in [-0.05, 0) is 53.4 Å². The van der Waals surface area contributed by atoms with Crippen LogP contribution in [0.25, 0.3) is 0 Å². The SMILES string of the molecule is CC1OCCC1(CBr)Cc1ccc(F)c(Br)c1. The molecule has 0 radical (unpaired) electrons. The quantitative estimate of drug-likeness (QED) is 0.725. The van der Waals surface area contributed by atoms with E-state index in [0.29, 0.717) is 4.47 Å². The third-order valence-corrected chi connectivity index (χ3v) is 5.36. The molecule has 1 heterocycles. The van der Waals surface area contributed by atoms with E-state index < -0.39 is 0 Å². The summed E-state index contributed by atoms with van der Waals surface area (Å²) in [7, 11) is 0. The lowest BCUT2D eigenvalue weighted by Crippen LogP contribution is -2.32. The largest absolute Gasteiger partial charge is 0.378 e. The fraction of sp³-hybridized carbons (Fsp3) is 0.538. The van der Waals surface area contributed by atoms with Gasteiger partial charge in [-0.25, -0.2) is 4.39 Å². The Kier molecular flexibility index (Phi) is 4.26. The zero-order chi connectivity index (χ0) is 12.5. The van der Waals surface area contributed by atoms with Crippen LogP contribution in [0.5, 0.6) is 0 Å². The Labute approximate surface area is 118 Å². The average Bonchev–Trinajstić information content (AvgIpc) is 2.66. The molecule has 2 unspecified atom stereocenters. The Morgan fingerprint density at radius 2 is 2.29 bits per heavy atom. The fourth-order valence-electron chi connectivity index (χ4n) is 2.33. The van der Waals surface area contributed by atoms with Gasteiger partial charge in [0.2, 0.25) is 0 Å². The summed E-state index contributed by atoms with van der Waals surface area (Å²) >= 11 is 6.83. The summed E-state index contributed by atoms with van der Waals surface area (Å²) in [5.41, 5.74) is 1.28. The third-order valence-electron chi connectivity index (χ3n) is 3.64. The maximum Gasteiger partial charge on any atom is 0.137 e. The van der Waals surface area contributed by atoms with Crippen LogP contribution in [-0.4, -0.2) is 18.0 Å². The van der Waals surface area contributed by atoms with Gasteiger partial charge >= 0.3 is 0 Å². The minimum atomic E-state index is -0.211. The normalized spacial score (nSPS) is 28.6. The van der Waals surface area contributed by atoms with Crippen LogP contribution in [0.2, 0.25) is 0 Å². The number of alkyl halides is 1. The molecule has 4 heteroatoms. The van der Waals surface area contributed by atoms with Gasteiger partial charge in [0.05, 0.1) is 10.6 Å². The molecule has 2 rings (SSSR count). The second kappa shape index (κ2) is 5.37. The predicted molar refractivity (Wildman–Crippen MR) is 74.1 cm³/mol. The number of rotatable bonds is 3. The van der Waals surface area contributed by atoms with Gasteiger partial charge in [0.15, 0.2) is 0 Å². The maximum absolute atomic E-state index is 13.2. The highest BCUT2D eigenvalue weighted by Crippen LogP contribution is 2.40. The summed E-state index contributed by atoms with van der Waals surface area (Å²) in [6.07, 6.45) is 2.21. The number of hydrogen-bond donors (Lipinski definition) is 0. The molecule has 1 aliphatic rings. The third kappa shape index (κ3) is 2.74. The maximum atomic E-state index is 13.2. The van der Waals surface area contributed by atoms with Gasteiger partial charge in [-0.15, -0.1) is 0 Å². The van der Waals surface area contributed by atoms with Gasteiger partial charge in [-0.3, -0.25) is 0 Å². The summed E-state index contributed by atoms with van der Waals surface area (Å²) in [6, 6.07) is 5.24. The first-order valence-electron chi connectivity index (χ1n) is 5.69. The Balaban J connectivity index is 2.21. The molecule has 0 amide bonds. The van der Waals surface area contributed by atoms with Crippen LogP contribution >= 0.6 is 31.9 Å². The summed E-state index contributed by atoms with van der Waals surface area (Å²) in [4.78, 5) is 0. The van der Waals surface area contributed by atoms with Crippen LogP contribution in [0.15, 0.2) is 22.7 Å². The Bertz CT molecular complexity index is 410. The molecular formula is C13H15Br2FO. The summed E-state index contributed by atoms with van der Waals surface area (Å²) in [5, 5.41) is 0.913. The highest BCUT2D eigenvalue weighted by molar-refractivity contribution is 9.10. The highest BCUT2D eigenvalue weighted by atomic mass is 79.9. The van der Waals surface area contributed by atoms with Crippen molar-refractivity contribution in [3.8, 4) is 0 Å². The van der Waals surface area contributed by atoms with Gasteiger partial charge in [-0.2, -0.15) is 0 Å². The van der Waals surface area contributed by atoms with Crippen LogP contribution in [0, 0.1) is 11.2 Å². The Morgan fingerprint density at radius 1 is 1.53 bits per heavy atom. The highest BCUT2D eigenvalue weighted by Gasteiger charge is 2.40. The lowest BCUT2D eigenvalue weighted by Gasteiger charge is -2.30. The van der Waals surface area contributed by atoms with Gasteiger partial charge in [-0.1, -0.05) is 22.0 Å². The molecule has 2 atom stereocenters. The van der Waals surface area contributed by atoms with Crippen molar-refractivity contribution in [3.05, 3.63) is 34.1 Å². The molecule has 1 fully saturated rings. The first kappa shape index (κ1) is 13.5. The molecule has 0 aromatic heterocycles. The lowest BCUT2D eigenvalue weighted by atomic mass is 9.78. The van der Waals surface area contributed by atoms with Crippen LogP contribution < -0.4 is 0 Å². The van der Waals surface area contributed by atoms with Crippen LogP contribution in [0.1, 0.15) is 18.9 Å². The van der Waals surface area contributed by atoms with E-state index in [9.17, 15) is 4.39 Å². The van der Waals surface area contributed by atoms with Gasteiger partial charge in [0, 0.05) is 17.4 Å². The fourth-order valence-corrected chi connectivity index (χ4v) is 3.69. The molecule has 0 aliphatic carbocycles. The van der Waals surface area contributed by atoms with E-state index >= 15 is 0 Å². The zero-order valence-electron chi connectivity index (χ0n) is 9.68. The molecule has 1 saturated heterocycles. The van der Waals surface area contributed by atoms with Crippen molar-refractivity contribution in [2.75, 3.05) is 11.9 Å². The van der Waals surface area contributed by atoms with Crippen molar-refractivity contribution in [1.29, 1.82) is 0 Å². The molecule has 17 heavy (non-hydrogen) atoms. The molecule has 0 spiro atoms. The van der Waals surface area contributed by atoms with E-state index in [2.05, 4.69) is 38.8 Å². The molecule has 1 aromatic carbocycles. The van der Waals surface area contributed by atoms with Crippen molar-refractivity contribution in [1.82, 2.24) is 0 Å². The van der Waals surface area contributed by atoms with Crippen LogP contribution in [-0.2, 0) is 11.2 Å². The Hall–Kier alpha value is 0.0700. The van der Waals surface area contributed by atoms with Crippen molar-refractivity contribution in [2.45, 2.75) is 25.9 Å². The number of hydrogen-bond acceptors (Lipinski definition) is 1. The van der Waals surface area contributed by atoms with E-state index in [1.165, 1.54) is 6.07 Å². The molecule has 1 aliphatic heterocycles. The van der Waals surface area contributed by atoms with Gasteiger partial charge in [0.25, 0.3) is 0 Å². The predicted octanol–water partition coefficient (Wildman–Crippen LogP) is 4.32. The zero-order valence-corrected chi connectivity index (χ0v) is 12.9. The van der Waals surface area contributed by atoms with E-state index in [1.54, 1.807) is 0 Å². The molecule has 1 nitrogen and oxygen atoms in total. The van der Waals surface area contributed by atoms with E-state index in [-0.39, 0.29) is 17.3 Å². The van der Waals surface area contributed by atoms with Crippen LogP contribution in [0.4, 0.5) is 4.39 Å². The topological polar surface area (TPSA) is 9.23 Å². The van der Waals surface area contributed by atoms with Gasteiger partial charge in [0.1, 0.15) is 5.82 Å². The van der Waals surface area contributed by atoms with Gasteiger partial charge < -0.3 is 4.74 Å². The smallest absolute Gasteiger partial charge is 0.137 e. The van der Waals surface area contributed by atoms with Crippen molar-refractivity contribution in [3.63, 3.8) is 0 Å². The molecule has 1 aromatic rings. The van der Waals surface area contributed by atoms with Crippen molar-refractivity contribution in [2.24, 2.45) is 5.41 Å². The standard InChI is InChI=1S/C13H15Br2FO/c1-9-13(8-14,4-5-17-9)7-10-2-3-12(16)11(15)6-10/h2-3,6,9H,4-5,7-8H2,1H3. The van der Waals surface area contributed by atoms with Crippen molar-refractivity contribution >= 4 is 31.9 Å². The second-order valence-electron chi connectivity index (χ2n) is 4.68. The number of benzene rings is 1.